The van der Waals surface area contributed by atoms with Crippen LogP contribution in [0.3, 0.4) is 0 Å². The van der Waals surface area contributed by atoms with Crippen LogP contribution in [0.4, 0.5) is 0 Å². The fourth-order valence-electron chi connectivity index (χ4n) is 2.79. The summed E-state index contributed by atoms with van der Waals surface area (Å²) in [5, 5.41) is 0. The van der Waals surface area contributed by atoms with Gasteiger partial charge in [0.2, 0.25) is 0 Å². The second kappa shape index (κ2) is 4.57. The summed E-state index contributed by atoms with van der Waals surface area (Å²) in [5.74, 6) is 0.0965. The molecule has 0 unspecified atom stereocenters. The lowest BCUT2D eigenvalue weighted by atomic mass is 9.75. The summed E-state index contributed by atoms with van der Waals surface area (Å²) in [6.45, 7) is 10.2. The van der Waals surface area contributed by atoms with E-state index >= 15 is 0 Å². The molecule has 1 aromatic heterocycles. The smallest absolute Gasteiger partial charge is 0.399 e. The number of primary amides is 1. The van der Waals surface area contributed by atoms with Crippen molar-refractivity contribution in [3.63, 3.8) is 0 Å². The van der Waals surface area contributed by atoms with Gasteiger partial charge in [-0.3, -0.25) is 4.79 Å². The second-order valence-corrected chi connectivity index (χ2v) is 8.27. The largest absolute Gasteiger partial charge is 0.496 e. The third kappa shape index (κ3) is 2.33. The van der Waals surface area contributed by atoms with E-state index in [1.54, 1.807) is 0 Å². The Bertz CT molecular complexity index is 588. The van der Waals surface area contributed by atoms with Crippen LogP contribution in [0.2, 0.25) is 0 Å². The summed E-state index contributed by atoms with van der Waals surface area (Å²) in [6.07, 6.45) is 2.23. The van der Waals surface area contributed by atoms with Gasteiger partial charge in [-0.25, -0.2) is 0 Å². The monoisotopic (exact) mass is 307 g/mol. The Balaban J connectivity index is 2.06. The van der Waals surface area contributed by atoms with Gasteiger partial charge in [0.1, 0.15) is 0 Å². The first-order chi connectivity index (χ1) is 9.64. The first-order valence-corrected chi connectivity index (χ1v) is 8.24. The minimum Gasteiger partial charge on any atom is -0.399 e. The molecule has 2 fully saturated rings. The lowest BCUT2D eigenvalue weighted by Crippen LogP contribution is -2.41. The van der Waals surface area contributed by atoms with Crippen molar-refractivity contribution in [1.29, 1.82) is 0 Å². The molecule has 0 spiro atoms. The topological polar surface area (TPSA) is 61.6 Å². The number of hydrogen-bond acceptors (Lipinski definition) is 4. The van der Waals surface area contributed by atoms with Crippen LogP contribution in [0.25, 0.3) is 0 Å². The van der Waals surface area contributed by atoms with Crippen LogP contribution in [-0.2, 0) is 9.31 Å². The molecule has 1 aliphatic carbocycles. The van der Waals surface area contributed by atoms with Gasteiger partial charge in [-0.15, -0.1) is 11.3 Å². The van der Waals surface area contributed by atoms with Crippen molar-refractivity contribution in [2.24, 2.45) is 5.73 Å². The number of amides is 1. The maximum Gasteiger partial charge on any atom is 0.496 e. The third-order valence-electron chi connectivity index (χ3n) is 4.87. The van der Waals surface area contributed by atoms with Gasteiger partial charge in [0, 0.05) is 10.3 Å². The zero-order valence-electron chi connectivity index (χ0n) is 13.3. The van der Waals surface area contributed by atoms with Crippen molar-refractivity contribution in [1.82, 2.24) is 0 Å². The molecule has 1 amide bonds. The highest BCUT2D eigenvalue weighted by atomic mass is 32.1. The first kappa shape index (κ1) is 15.1. The van der Waals surface area contributed by atoms with Crippen molar-refractivity contribution >= 4 is 29.8 Å². The van der Waals surface area contributed by atoms with Gasteiger partial charge in [0.25, 0.3) is 5.91 Å². The summed E-state index contributed by atoms with van der Waals surface area (Å²) in [5.41, 5.74) is 6.92. The van der Waals surface area contributed by atoms with Crippen LogP contribution in [-0.4, -0.2) is 24.2 Å². The molecule has 4 nitrogen and oxygen atoms in total. The number of aryl methyl sites for hydroxylation is 1. The molecule has 0 aromatic carbocycles. The Morgan fingerprint density at radius 1 is 1.24 bits per heavy atom. The summed E-state index contributed by atoms with van der Waals surface area (Å²) in [7, 11) is -0.407. The van der Waals surface area contributed by atoms with Crippen molar-refractivity contribution in [3.05, 3.63) is 15.3 Å². The summed E-state index contributed by atoms with van der Waals surface area (Å²) < 4.78 is 12.3. The van der Waals surface area contributed by atoms with Gasteiger partial charge in [-0.05, 0) is 58.9 Å². The van der Waals surface area contributed by atoms with Gasteiger partial charge in [0.05, 0.1) is 16.1 Å². The molecule has 0 bridgehead atoms. The molecular weight excluding hydrogens is 285 g/mol. The second-order valence-electron chi connectivity index (χ2n) is 7.04. The molecule has 1 saturated heterocycles. The maximum atomic E-state index is 11.7. The van der Waals surface area contributed by atoms with E-state index in [-0.39, 0.29) is 17.1 Å². The SMILES string of the molecule is Cc1sc(C(N)=O)c(C2CC2)c1B1OC(C)(C)C(C)(C)O1. The fourth-order valence-corrected chi connectivity index (χ4v) is 3.90. The van der Waals surface area contributed by atoms with Crippen molar-refractivity contribution in [3.8, 4) is 0 Å². The zero-order valence-corrected chi connectivity index (χ0v) is 14.1. The summed E-state index contributed by atoms with van der Waals surface area (Å²) in [6, 6.07) is 0. The fraction of sp³-hybridized carbons (Fsp3) is 0.667. The lowest BCUT2D eigenvalue weighted by molar-refractivity contribution is 0.00578. The molecule has 1 aliphatic heterocycles. The zero-order chi connectivity index (χ0) is 15.6. The Kier molecular flexibility index (Phi) is 3.28. The number of carbonyl (C=O) groups excluding carboxylic acids is 1. The van der Waals surface area contributed by atoms with E-state index in [0.29, 0.717) is 10.8 Å². The van der Waals surface area contributed by atoms with Crippen molar-refractivity contribution in [2.45, 2.75) is 64.6 Å². The number of rotatable bonds is 3. The van der Waals surface area contributed by atoms with Gasteiger partial charge in [-0.2, -0.15) is 0 Å². The Hall–Kier alpha value is -0.845. The lowest BCUT2D eigenvalue weighted by Gasteiger charge is -2.32. The highest BCUT2D eigenvalue weighted by Gasteiger charge is 2.54. The molecule has 2 N–H and O–H groups in total. The summed E-state index contributed by atoms with van der Waals surface area (Å²) in [4.78, 5) is 13.5. The van der Waals surface area contributed by atoms with Crippen LogP contribution in [0.1, 0.15) is 66.6 Å². The highest BCUT2D eigenvalue weighted by Crippen LogP contribution is 2.45. The first-order valence-electron chi connectivity index (χ1n) is 7.42. The average Bonchev–Trinajstić information content (AvgIpc) is 3.06. The van der Waals surface area contributed by atoms with Crippen LogP contribution in [0, 0.1) is 6.92 Å². The van der Waals surface area contributed by atoms with Gasteiger partial charge in [0.15, 0.2) is 0 Å². The number of carbonyl (C=O) groups is 1. The molecule has 21 heavy (non-hydrogen) atoms. The standard InChI is InChI=1S/C15H22BNO3S/c1-8-11(16-19-14(2,3)15(4,5)20-16)10(9-6-7-9)12(21-8)13(17)18/h9H,6-7H2,1-5H3,(H2,17,18). The quantitative estimate of drug-likeness (QED) is 0.872. The van der Waals surface area contributed by atoms with E-state index in [9.17, 15) is 4.79 Å². The molecule has 0 atom stereocenters. The predicted molar refractivity (Wildman–Crippen MR) is 85.3 cm³/mol. The number of hydrogen-bond donors (Lipinski definition) is 1. The van der Waals surface area contributed by atoms with E-state index in [1.807, 2.05) is 34.6 Å². The van der Waals surface area contributed by atoms with Crippen molar-refractivity contribution in [2.75, 3.05) is 0 Å². The average molecular weight is 307 g/mol. The molecule has 2 heterocycles. The van der Waals surface area contributed by atoms with Crippen LogP contribution in [0.15, 0.2) is 0 Å². The van der Waals surface area contributed by atoms with E-state index in [4.69, 9.17) is 15.0 Å². The Morgan fingerprint density at radius 3 is 2.19 bits per heavy atom. The van der Waals surface area contributed by atoms with Gasteiger partial charge in [-0.1, -0.05) is 0 Å². The van der Waals surface area contributed by atoms with Crippen LogP contribution in [0.5, 0.6) is 0 Å². The molecule has 114 valence electrons. The molecule has 1 saturated carbocycles. The predicted octanol–water partition coefficient (Wildman–Crippen LogP) is 2.33. The van der Waals surface area contributed by atoms with E-state index in [0.717, 1.165) is 28.7 Å². The molecule has 6 heteroatoms. The van der Waals surface area contributed by atoms with E-state index in [1.165, 1.54) is 11.3 Å². The Morgan fingerprint density at radius 2 is 1.76 bits per heavy atom. The molecule has 3 rings (SSSR count). The summed E-state index contributed by atoms with van der Waals surface area (Å²) >= 11 is 1.47. The van der Waals surface area contributed by atoms with Gasteiger partial charge >= 0.3 is 7.12 Å². The van der Waals surface area contributed by atoms with E-state index in [2.05, 4.69) is 0 Å². The molecular formula is C15H22BNO3S. The maximum absolute atomic E-state index is 11.7. The number of nitrogens with two attached hydrogens (primary N) is 1. The minimum atomic E-state index is -0.407. The minimum absolute atomic E-state index is 0.340. The Labute approximate surface area is 130 Å². The third-order valence-corrected chi connectivity index (χ3v) is 6.02. The number of thiophene rings is 1. The van der Waals surface area contributed by atoms with E-state index < -0.39 is 7.12 Å². The molecule has 1 aromatic rings. The highest BCUT2D eigenvalue weighted by molar-refractivity contribution is 7.15. The van der Waals surface area contributed by atoms with Gasteiger partial charge < -0.3 is 15.0 Å². The molecule has 0 radical (unpaired) electrons. The van der Waals surface area contributed by atoms with Crippen LogP contribution >= 0.6 is 11.3 Å². The molecule has 2 aliphatic rings. The normalized spacial score (nSPS) is 23.6. The van der Waals surface area contributed by atoms with Crippen molar-refractivity contribution < 1.29 is 14.1 Å². The van der Waals surface area contributed by atoms with Crippen LogP contribution < -0.4 is 11.2 Å².